The molecule has 1 unspecified atom stereocenters. The van der Waals surface area contributed by atoms with Crippen molar-refractivity contribution in [2.75, 3.05) is 6.54 Å². The van der Waals surface area contributed by atoms with Crippen molar-refractivity contribution in [3.05, 3.63) is 18.0 Å². The lowest BCUT2D eigenvalue weighted by atomic mass is 9.82. The summed E-state index contributed by atoms with van der Waals surface area (Å²) in [6.07, 6.45) is 10.5. The second-order valence-electron chi connectivity index (χ2n) is 5.84. The standard InChI is InChI=1S/C14H25N3/c1-4-14(2,11-15-13-5-6-13)8-7-12-9-16-17(3)10-12/h9-10,13,15H,4-8,11H2,1-3H3. The lowest BCUT2D eigenvalue weighted by Gasteiger charge is -2.28. The summed E-state index contributed by atoms with van der Waals surface area (Å²) in [5, 5.41) is 7.90. The maximum Gasteiger partial charge on any atom is 0.0521 e. The highest BCUT2D eigenvalue weighted by Gasteiger charge is 2.27. The summed E-state index contributed by atoms with van der Waals surface area (Å²) in [5.41, 5.74) is 1.79. The Labute approximate surface area is 105 Å². The van der Waals surface area contributed by atoms with Gasteiger partial charge < -0.3 is 5.32 Å². The monoisotopic (exact) mass is 235 g/mol. The summed E-state index contributed by atoms with van der Waals surface area (Å²) < 4.78 is 1.89. The van der Waals surface area contributed by atoms with Crippen LogP contribution < -0.4 is 5.32 Å². The van der Waals surface area contributed by atoms with Crippen molar-refractivity contribution in [1.82, 2.24) is 15.1 Å². The molecule has 3 nitrogen and oxygen atoms in total. The van der Waals surface area contributed by atoms with E-state index in [4.69, 9.17) is 0 Å². The molecule has 0 saturated heterocycles. The number of hydrogen-bond donors (Lipinski definition) is 1. The minimum absolute atomic E-state index is 0.429. The average molecular weight is 235 g/mol. The first kappa shape index (κ1) is 12.6. The van der Waals surface area contributed by atoms with Gasteiger partial charge >= 0.3 is 0 Å². The van der Waals surface area contributed by atoms with Gasteiger partial charge in [-0.2, -0.15) is 5.10 Å². The Kier molecular flexibility index (Phi) is 3.87. The lowest BCUT2D eigenvalue weighted by molar-refractivity contribution is 0.268. The molecule has 1 heterocycles. The predicted octanol–water partition coefficient (Wildman–Crippen LogP) is 2.52. The Morgan fingerprint density at radius 2 is 2.29 bits per heavy atom. The van der Waals surface area contributed by atoms with E-state index in [1.54, 1.807) is 0 Å². The second kappa shape index (κ2) is 5.21. The Bertz CT molecular complexity index is 354. The SMILES string of the molecule is CCC(C)(CCc1cnn(C)c1)CNC1CC1. The van der Waals surface area contributed by atoms with Crippen LogP contribution in [0.25, 0.3) is 0 Å². The van der Waals surface area contributed by atoms with Gasteiger partial charge in [0.1, 0.15) is 0 Å². The zero-order valence-corrected chi connectivity index (χ0v) is 11.4. The molecular formula is C14H25N3. The molecular weight excluding hydrogens is 210 g/mol. The number of aryl methyl sites for hydroxylation is 2. The van der Waals surface area contributed by atoms with Crippen LogP contribution in [-0.2, 0) is 13.5 Å². The van der Waals surface area contributed by atoms with E-state index in [0.717, 1.165) is 19.0 Å². The van der Waals surface area contributed by atoms with Gasteiger partial charge in [0.2, 0.25) is 0 Å². The zero-order valence-electron chi connectivity index (χ0n) is 11.4. The number of hydrogen-bond acceptors (Lipinski definition) is 2. The third-order valence-corrected chi connectivity index (χ3v) is 4.02. The van der Waals surface area contributed by atoms with Crippen LogP contribution in [0.15, 0.2) is 12.4 Å². The van der Waals surface area contributed by atoms with Gasteiger partial charge in [0, 0.05) is 25.8 Å². The van der Waals surface area contributed by atoms with Crippen molar-refractivity contribution in [3.63, 3.8) is 0 Å². The average Bonchev–Trinajstić information content (AvgIpc) is 3.07. The second-order valence-corrected chi connectivity index (χ2v) is 5.84. The summed E-state index contributed by atoms with van der Waals surface area (Å²) in [5.74, 6) is 0. The Balaban J connectivity index is 1.80. The molecule has 0 amide bonds. The van der Waals surface area contributed by atoms with Gasteiger partial charge in [0.25, 0.3) is 0 Å². The quantitative estimate of drug-likeness (QED) is 0.787. The van der Waals surface area contributed by atoms with E-state index in [-0.39, 0.29) is 0 Å². The van der Waals surface area contributed by atoms with Crippen molar-refractivity contribution in [1.29, 1.82) is 0 Å². The minimum atomic E-state index is 0.429. The number of nitrogens with zero attached hydrogens (tertiary/aromatic N) is 2. The molecule has 0 aromatic carbocycles. The first-order valence-electron chi connectivity index (χ1n) is 6.82. The van der Waals surface area contributed by atoms with Gasteiger partial charge in [-0.15, -0.1) is 0 Å². The third-order valence-electron chi connectivity index (χ3n) is 4.02. The van der Waals surface area contributed by atoms with Gasteiger partial charge in [-0.05, 0) is 43.1 Å². The molecule has 1 fully saturated rings. The van der Waals surface area contributed by atoms with Gasteiger partial charge in [0.05, 0.1) is 6.20 Å². The van der Waals surface area contributed by atoms with Crippen LogP contribution in [-0.4, -0.2) is 22.4 Å². The molecule has 2 rings (SSSR count). The fourth-order valence-electron chi connectivity index (χ4n) is 2.12. The molecule has 1 aromatic rings. The van der Waals surface area contributed by atoms with Crippen LogP contribution >= 0.6 is 0 Å². The molecule has 1 N–H and O–H groups in total. The van der Waals surface area contributed by atoms with Gasteiger partial charge in [-0.3, -0.25) is 4.68 Å². The van der Waals surface area contributed by atoms with Crippen LogP contribution in [0.3, 0.4) is 0 Å². The first-order chi connectivity index (χ1) is 8.11. The summed E-state index contributed by atoms with van der Waals surface area (Å²) in [6, 6.07) is 0.819. The maximum absolute atomic E-state index is 4.23. The van der Waals surface area contributed by atoms with E-state index in [9.17, 15) is 0 Å². The van der Waals surface area contributed by atoms with Crippen molar-refractivity contribution in [3.8, 4) is 0 Å². The topological polar surface area (TPSA) is 29.9 Å². The fourth-order valence-corrected chi connectivity index (χ4v) is 2.12. The van der Waals surface area contributed by atoms with Crippen LogP contribution in [0.2, 0.25) is 0 Å². The van der Waals surface area contributed by atoms with Gasteiger partial charge in [0.15, 0.2) is 0 Å². The maximum atomic E-state index is 4.23. The molecule has 0 radical (unpaired) electrons. The fraction of sp³-hybridized carbons (Fsp3) is 0.786. The molecule has 96 valence electrons. The Hall–Kier alpha value is -0.830. The van der Waals surface area contributed by atoms with Gasteiger partial charge in [-0.1, -0.05) is 13.8 Å². The zero-order chi connectivity index (χ0) is 12.3. The Morgan fingerprint density at radius 3 is 2.82 bits per heavy atom. The number of rotatable bonds is 7. The minimum Gasteiger partial charge on any atom is -0.313 e. The molecule has 1 aliphatic carbocycles. The van der Waals surface area contributed by atoms with Crippen molar-refractivity contribution < 1.29 is 0 Å². The normalized spacial score (nSPS) is 19.2. The summed E-state index contributed by atoms with van der Waals surface area (Å²) >= 11 is 0. The van der Waals surface area contributed by atoms with E-state index in [1.165, 1.54) is 31.2 Å². The molecule has 1 atom stereocenters. The summed E-state index contributed by atoms with van der Waals surface area (Å²) in [7, 11) is 1.98. The highest BCUT2D eigenvalue weighted by molar-refractivity contribution is 5.04. The van der Waals surface area contributed by atoms with E-state index in [1.807, 2.05) is 17.9 Å². The molecule has 1 aliphatic rings. The van der Waals surface area contributed by atoms with Crippen molar-refractivity contribution >= 4 is 0 Å². The molecule has 0 bridgehead atoms. The Morgan fingerprint density at radius 1 is 1.53 bits per heavy atom. The molecule has 0 spiro atoms. The molecule has 1 saturated carbocycles. The van der Waals surface area contributed by atoms with E-state index in [2.05, 4.69) is 30.5 Å². The molecule has 1 aromatic heterocycles. The smallest absolute Gasteiger partial charge is 0.0521 e. The van der Waals surface area contributed by atoms with Crippen molar-refractivity contribution in [2.45, 2.75) is 52.0 Å². The first-order valence-corrected chi connectivity index (χ1v) is 6.82. The number of nitrogens with one attached hydrogen (secondary N) is 1. The molecule has 17 heavy (non-hydrogen) atoms. The molecule has 3 heteroatoms. The van der Waals surface area contributed by atoms with E-state index < -0.39 is 0 Å². The lowest BCUT2D eigenvalue weighted by Crippen LogP contribution is -2.33. The highest BCUT2D eigenvalue weighted by Crippen LogP contribution is 2.29. The third kappa shape index (κ3) is 3.84. The van der Waals surface area contributed by atoms with Crippen LogP contribution in [0, 0.1) is 5.41 Å². The summed E-state index contributed by atoms with van der Waals surface area (Å²) in [6.45, 7) is 5.87. The van der Waals surface area contributed by atoms with Gasteiger partial charge in [-0.25, -0.2) is 0 Å². The van der Waals surface area contributed by atoms with Crippen LogP contribution in [0.5, 0.6) is 0 Å². The number of aromatic nitrogens is 2. The highest BCUT2D eigenvalue weighted by atomic mass is 15.2. The van der Waals surface area contributed by atoms with E-state index in [0.29, 0.717) is 5.41 Å². The van der Waals surface area contributed by atoms with Crippen LogP contribution in [0.4, 0.5) is 0 Å². The largest absolute Gasteiger partial charge is 0.313 e. The van der Waals surface area contributed by atoms with Crippen LogP contribution in [0.1, 0.15) is 45.1 Å². The predicted molar refractivity (Wildman–Crippen MR) is 71.0 cm³/mol. The molecule has 0 aliphatic heterocycles. The van der Waals surface area contributed by atoms with E-state index >= 15 is 0 Å². The van der Waals surface area contributed by atoms with Crippen molar-refractivity contribution in [2.24, 2.45) is 12.5 Å². The summed E-state index contributed by atoms with van der Waals surface area (Å²) in [4.78, 5) is 0.